The summed E-state index contributed by atoms with van der Waals surface area (Å²) >= 11 is 0. The average molecular weight is 341 g/mol. The number of rotatable bonds is 5. The molecule has 132 valence electrons. The third-order valence-corrected chi connectivity index (χ3v) is 5.04. The van der Waals surface area contributed by atoms with E-state index in [1.165, 1.54) is 15.8 Å². The number of carbonyl (C=O) groups is 1. The maximum atomic E-state index is 10.8. The first-order valence-corrected chi connectivity index (χ1v) is 8.89. The summed E-state index contributed by atoms with van der Waals surface area (Å²) in [5, 5.41) is 13.3. The van der Waals surface area contributed by atoms with Crippen LogP contribution in [0.2, 0.25) is 0 Å². The summed E-state index contributed by atoms with van der Waals surface area (Å²) in [5.74, 6) is 0.548. The Kier molecular flexibility index (Phi) is 4.44. The van der Waals surface area contributed by atoms with Crippen molar-refractivity contribution in [3.63, 3.8) is 0 Å². The Morgan fingerprint density at radius 1 is 1.36 bits per heavy atom. The molecular weight excluding hydrogens is 318 g/mol. The van der Waals surface area contributed by atoms with Gasteiger partial charge in [0.1, 0.15) is 12.3 Å². The summed E-state index contributed by atoms with van der Waals surface area (Å²) in [4.78, 5) is 13.3. The summed E-state index contributed by atoms with van der Waals surface area (Å²) < 4.78 is 7.09. The molecule has 0 radical (unpaired) electrons. The van der Waals surface area contributed by atoms with Crippen LogP contribution in [0.4, 0.5) is 0 Å². The van der Waals surface area contributed by atoms with E-state index in [4.69, 9.17) is 9.84 Å². The predicted molar refractivity (Wildman–Crippen MR) is 92.8 cm³/mol. The number of aromatic nitrogens is 2. The number of piperidine rings is 1. The molecule has 2 aromatic rings. The first-order chi connectivity index (χ1) is 12.2. The molecular formula is C19H23N3O3. The fourth-order valence-electron chi connectivity index (χ4n) is 3.86. The highest BCUT2D eigenvalue weighted by Gasteiger charge is 2.24. The lowest BCUT2D eigenvalue weighted by Crippen LogP contribution is -2.34. The summed E-state index contributed by atoms with van der Waals surface area (Å²) in [6.07, 6.45) is 5.03. The molecule has 0 saturated carbocycles. The number of carboxylic acid groups (broad SMARTS) is 1. The summed E-state index contributed by atoms with van der Waals surface area (Å²) in [7, 11) is 0. The topological polar surface area (TPSA) is 67.6 Å². The molecule has 2 aliphatic heterocycles. The van der Waals surface area contributed by atoms with E-state index in [0.29, 0.717) is 5.92 Å². The van der Waals surface area contributed by atoms with E-state index in [1.54, 1.807) is 6.20 Å². The van der Waals surface area contributed by atoms with Crippen molar-refractivity contribution in [3.05, 3.63) is 47.3 Å². The van der Waals surface area contributed by atoms with Gasteiger partial charge in [-0.15, -0.1) is 0 Å². The van der Waals surface area contributed by atoms with Crippen LogP contribution >= 0.6 is 0 Å². The van der Waals surface area contributed by atoms with Crippen LogP contribution in [0.5, 0.6) is 5.75 Å². The SMILES string of the molecule is O=C(O)Cn1ccc([C@H]2CCCN(Cc3ccc4c(c3)CCO4)C2)n1. The number of carboxylic acids is 1. The third kappa shape index (κ3) is 3.69. The molecule has 4 rings (SSSR count). The van der Waals surface area contributed by atoms with Crippen molar-refractivity contribution in [1.29, 1.82) is 0 Å². The van der Waals surface area contributed by atoms with Crippen LogP contribution in [0.3, 0.4) is 0 Å². The van der Waals surface area contributed by atoms with Crippen LogP contribution in [0.25, 0.3) is 0 Å². The minimum Gasteiger partial charge on any atom is -0.493 e. The molecule has 1 aromatic carbocycles. The lowest BCUT2D eigenvalue weighted by molar-refractivity contribution is -0.137. The zero-order valence-corrected chi connectivity index (χ0v) is 14.2. The number of nitrogens with zero attached hydrogens (tertiary/aromatic N) is 3. The Hall–Kier alpha value is -2.34. The van der Waals surface area contributed by atoms with Crippen molar-refractivity contribution < 1.29 is 14.6 Å². The van der Waals surface area contributed by atoms with Gasteiger partial charge in [0.25, 0.3) is 0 Å². The van der Waals surface area contributed by atoms with Gasteiger partial charge in [0.05, 0.1) is 12.3 Å². The number of ether oxygens (including phenoxy) is 1. The monoisotopic (exact) mass is 341 g/mol. The fraction of sp³-hybridized carbons (Fsp3) is 0.474. The lowest BCUT2D eigenvalue weighted by atomic mass is 9.94. The molecule has 0 spiro atoms. The quantitative estimate of drug-likeness (QED) is 0.904. The molecule has 0 unspecified atom stereocenters. The van der Waals surface area contributed by atoms with Crippen LogP contribution in [0.15, 0.2) is 30.5 Å². The van der Waals surface area contributed by atoms with Gasteiger partial charge in [0, 0.05) is 31.6 Å². The highest BCUT2D eigenvalue weighted by molar-refractivity contribution is 5.66. The van der Waals surface area contributed by atoms with E-state index in [1.807, 2.05) is 6.07 Å². The van der Waals surface area contributed by atoms with Gasteiger partial charge in [-0.1, -0.05) is 12.1 Å². The number of hydrogen-bond donors (Lipinski definition) is 1. The van der Waals surface area contributed by atoms with E-state index < -0.39 is 5.97 Å². The van der Waals surface area contributed by atoms with Crippen LogP contribution in [0.1, 0.15) is 35.6 Å². The molecule has 6 nitrogen and oxygen atoms in total. The highest BCUT2D eigenvalue weighted by atomic mass is 16.5. The molecule has 1 atom stereocenters. The van der Waals surface area contributed by atoms with Gasteiger partial charge < -0.3 is 9.84 Å². The van der Waals surface area contributed by atoms with Gasteiger partial charge in [0.2, 0.25) is 0 Å². The normalized spacial score (nSPS) is 20.2. The third-order valence-electron chi connectivity index (χ3n) is 5.04. The van der Waals surface area contributed by atoms with Gasteiger partial charge in [-0.3, -0.25) is 14.4 Å². The fourth-order valence-corrected chi connectivity index (χ4v) is 3.86. The largest absolute Gasteiger partial charge is 0.493 e. The predicted octanol–water partition coefficient (Wildman–Crippen LogP) is 2.28. The van der Waals surface area contributed by atoms with Crippen LogP contribution in [-0.4, -0.2) is 45.5 Å². The molecule has 1 aromatic heterocycles. The number of benzene rings is 1. The number of likely N-dealkylation sites (tertiary alicyclic amines) is 1. The minimum absolute atomic E-state index is 0.0758. The molecule has 25 heavy (non-hydrogen) atoms. The van der Waals surface area contributed by atoms with Gasteiger partial charge in [-0.05, 0) is 42.6 Å². The molecule has 0 aliphatic carbocycles. The first kappa shape index (κ1) is 16.1. The van der Waals surface area contributed by atoms with E-state index in [2.05, 4.69) is 28.2 Å². The Morgan fingerprint density at radius 3 is 3.16 bits per heavy atom. The van der Waals surface area contributed by atoms with E-state index in [0.717, 1.165) is 56.9 Å². The van der Waals surface area contributed by atoms with E-state index in [9.17, 15) is 4.79 Å². The number of aliphatic carboxylic acids is 1. The lowest BCUT2D eigenvalue weighted by Gasteiger charge is -2.32. The van der Waals surface area contributed by atoms with Gasteiger partial charge in [-0.2, -0.15) is 5.10 Å². The summed E-state index contributed by atoms with van der Waals surface area (Å²) in [6.45, 7) is 3.73. The van der Waals surface area contributed by atoms with E-state index in [-0.39, 0.29) is 6.54 Å². The molecule has 1 N–H and O–H groups in total. The van der Waals surface area contributed by atoms with Crippen LogP contribution in [-0.2, 0) is 24.3 Å². The summed E-state index contributed by atoms with van der Waals surface area (Å²) in [6, 6.07) is 8.49. The van der Waals surface area contributed by atoms with Crippen LogP contribution in [0, 0.1) is 0 Å². The molecule has 0 amide bonds. The van der Waals surface area contributed by atoms with Crippen molar-refractivity contribution >= 4 is 5.97 Å². The minimum atomic E-state index is -0.861. The van der Waals surface area contributed by atoms with Crippen molar-refractivity contribution in [3.8, 4) is 5.75 Å². The van der Waals surface area contributed by atoms with Crippen molar-refractivity contribution in [2.24, 2.45) is 0 Å². The zero-order valence-electron chi connectivity index (χ0n) is 14.2. The van der Waals surface area contributed by atoms with Crippen molar-refractivity contribution in [2.45, 2.75) is 38.3 Å². The first-order valence-electron chi connectivity index (χ1n) is 8.89. The molecule has 2 aliphatic rings. The van der Waals surface area contributed by atoms with Crippen LogP contribution < -0.4 is 4.74 Å². The second kappa shape index (κ2) is 6.88. The Balaban J connectivity index is 1.40. The zero-order chi connectivity index (χ0) is 17.2. The maximum Gasteiger partial charge on any atom is 0.325 e. The maximum absolute atomic E-state index is 10.8. The van der Waals surface area contributed by atoms with Gasteiger partial charge >= 0.3 is 5.97 Å². The standard InChI is InChI=1S/C19H23N3O3/c23-19(24)13-22-8-5-17(20-22)16-2-1-7-21(12-16)11-14-3-4-18-15(10-14)6-9-25-18/h3-5,8,10,16H,1-2,6-7,9,11-13H2,(H,23,24)/t16-/m0/s1. The second-order valence-electron chi connectivity index (χ2n) is 6.95. The summed E-state index contributed by atoms with van der Waals surface area (Å²) in [5.41, 5.74) is 3.66. The van der Waals surface area contributed by atoms with Crippen molar-refractivity contribution in [1.82, 2.24) is 14.7 Å². The molecule has 1 fully saturated rings. The Bertz CT molecular complexity index is 771. The number of fused-ring (bicyclic) bond motifs is 1. The Morgan fingerprint density at radius 2 is 2.28 bits per heavy atom. The highest BCUT2D eigenvalue weighted by Crippen LogP contribution is 2.29. The number of hydrogen-bond acceptors (Lipinski definition) is 4. The molecule has 0 bridgehead atoms. The molecule has 6 heteroatoms. The van der Waals surface area contributed by atoms with Gasteiger partial charge in [-0.25, -0.2) is 0 Å². The average Bonchev–Trinajstić information content (AvgIpc) is 3.23. The van der Waals surface area contributed by atoms with E-state index >= 15 is 0 Å². The molecule has 1 saturated heterocycles. The second-order valence-corrected chi connectivity index (χ2v) is 6.95. The Labute approximate surface area is 147 Å². The smallest absolute Gasteiger partial charge is 0.325 e. The molecule has 3 heterocycles. The van der Waals surface area contributed by atoms with Gasteiger partial charge in [0.15, 0.2) is 0 Å². The van der Waals surface area contributed by atoms with Crippen molar-refractivity contribution in [2.75, 3.05) is 19.7 Å².